The Labute approximate surface area is 154 Å². The van der Waals surface area contributed by atoms with E-state index in [1.807, 2.05) is 56.0 Å². The molecule has 3 rings (SSSR count). The zero-order valence-electron chi connectivity index (χ0n) is 15.7. The summed E-state index contributed by atoms with van der Waals surface area (Å²) in [4.78, 5) is 17.0. The highest BCUT2D eigenvalue weighted by Gasteiger charge is 2.21. The SMILES string of the molecule is CCOc1ccc(C(=O)N2CCCN(c3ccc(C)nn3)CC2)cc1C. The van der Waals surface area contributed by atoms with E-state index >= 15 is 0 Å². The molecule has 1 aliphatic heterocycles. The number of hydrogen-bond donors (Lipinski definition) is 0. The third-order valence-electron chi connectivity index (χ3n) is 4.61. The van der Waals surface area contributed by atoms with E-state index < -0.39 is 0 Å². The van der Waals surface area contributed by atoms with Crippen molar-refractivity contribution in [2.45, 2.75) is 27.2 Å². The molecule has 0 radical (unpaired) electrons. The monoisotopic (exact) mass is 354 g/mol. The van der Waals surface area contributed by atoms with Crippen LogP contribution in [0.15, 0.2) is 30.3 Å². The van der Waals surface area contributed by atoms with E-state index in [2.05, 4.69) is 15.1 Å². The van der Waals surface area contributed by atoms with Crippen molar-refractivity contribution in [3.05, 3.63) is 47.2 Å². The van der Waals surface area contributed by atoms with Crippen LogP contribution in [-0.4, -0.2) is 53.8 Å². The average Bonchev–Trinajstić information content (AvgIpc) is 2.90. The Kier molecular flexibility index (Phi) is 5.71. The molecule has 1 saturated heterocycles. The highest BCUT2D eigenvalue weighted by atomic mass is 16.5. The van der Waals surface area contributed by atoms with Crippen molar-refractivity contribution in [2.24, 2.45) is 0 Å². The van der Waals surface area contributed by atoms with Crippen LogP contribution in [0.1, 0.15) is 35.0 Å². The molecule has 1 aliphatic rings. The molecule has 1 aromatic carbocycles. The lowest BCUT2D eigenvalue weighted by atomic mass is 10.1. The first kappa shape index (κ1) is 18.2. The molecular weight excluding hydrogens is 328 g/mol. The minimum absolute atomic E-state index is 0.0768. The number of amides is 1. The van der Waals surface area contributed by atoms with Gasteiger partial charge in [-0.1, -0.05) is 0 Å². The Morgan fingerprint density at radius 3 is 2.62 bits per heavy atom. The van der Waals surface area contributed by atoms with Gasteiger partial charge in [-0.2, -0.15) is 5.10 Å². The van der Waals surface area contributed by atoms with E-state index in [1.54, 1.807) is 0 Å². The van der Waals surface area contributed by atoms with E-state index in [4.69, 9.17) is 4.74 Å². The van der Waals surface area contributed by atoms with E-state index in [9.17, 15) is 4.79 Å². The van der Waals surface area contributed by atoms with Crippen molar-refractivity contribution in [1.82, 2.24) is 15.1 Å². The topological polar surface area (TPSA) is 58.6 Å². The molecule has 0 bridgehead atoms. The standard InChI is InChI=1S/C20H26N4O2/c1-4-26-18-8-7-17(14-15(18)2)20(25)24-11-5-10-23(12-13-24)19-9-6-16(3)21-22-19/h6-9,14H,4-5,10-13H2,1-3H3. The quantitative estimate of drug-likeness (QED) is 0.845. The van der Waals surface area contributed by atoms with Crippen molar-refractivity contribution >= 4 is 11.7 Å². The van der Waals surface area contributed by atoms with Crippen LogP contribution in [0.5, 0.6) is 5.75 Å². The highest BCUT2D eigenvalue weighted by Crippen LogP contribution is 2.21. The third-order valence-corrected chi connectivity index (χ3v) is 4.61. The second-order valence-corrected chi connectivity index (χ2v) is 6.58. The van der Waals surface area contributed by atoms with Gasteiger partial charge in [0, 0.05) is 31.7 Å². The third kappa shape index (κ3) is 4.12. The molecule has 0 unspecified atom stereocenters. The fourth-order valence-corrected chi connectivity index (χ4v) is 3.19. The highest BCUT2D eigenvalue weighted by molar-refractivity contribution is 5.94. The molecule has 138 valence electrons. The first-order valence-corrected chi connectivity index (χ1v) is 9.16. The van der Waals surface area contributed by atoms with Crippen molar-refractivity contribution in [3.8, 4) is 5.75 Å². The zero-order chi connectivity index (χ0) is 18.5. The molecule has 0 atom stereocenters. The maximum absolute atomic E-state index is 12.9. The molecule has 2 heterocycles. The summed E-state index contributed by atoms with van der Waals surface area (Å²) in [5, 5.41) is 8.40. The summed E-state index contributed by atoms with van der Waals surface area (Å²) in [6.45, 7) is 9.56. The molecule has 6 heteroatoms. The number of anilines is 1. The van der Waals surface area contributed by atoms with Gasteiger partial charge < -0.3 is 14.5 Å². The largest absolute Gasteiger partial charge is 0.494 e. The number of carbonyl (C=O) groups excluding carboxylic acids is 1. The fourth-order valence-electron chi connectivity index (χ4n) is 3.19. The predicted octanol–water partition coefficient (Wildman–Crippen LogP) is 2.84. The van der Waals surface area contributed by atoms with E-state index in [-0.39, 0.29) is 5.91 Å². The van der Waals surface area contributed by atoms with E-state index in [0.29, 0.717) is 13.2 Å². The molecule has 0 saturated carbocycles. The Morgan fingerprint density at radius 1 is 1.08 bits per heavy atom. The molecule has 1 amide bonds. The van der Waals surface area contributed by atoms with Crippen LogP contribution in [0.2, 0.25) is 0 Å². The summed E-state index contributed by atoms with van der Waals surface area (Å²) in [5.74, 6) is 1.79. The van der Waals surface area contributed by atoms with Gasteiger partial charge in [0.2, 0.25) is 0 Å². The number of carbonyl (C=O) groups is 1. The van der Waals surface area contributed by atoms with Crippen molar-refractivity contribution in [1.29, 1.82) is 0 Å². The van der Waals surface area contributed by atoms with Crippen LogP contribution >= 0.6 is 0 Å². The number of benzene rings is 1. The summed E-state index contributed by atoms with van der Waals surface area (Å²) >= 11 is 0. The minimum atomic E-state index is 0.0768. The van der Waals surface area contributed by atoms with Crippen molar-refractivity contribution in [2.75, 3.05) is 37.7 Å². The number of nitrogens with zero attached hydrogens (tertiary/aromatic N) is 4. The van der Waals surface area contributed by atoms with Gasteiger partial charge in [-0.3, -0.25) is 4.79 Å². The molecule has 6 nitrogen and oxygen atoms in total. The predicted molar refractivity (Wildman–Crippen MR) is 102 cm³/mol. The Balaban J connectivity index is 1.67. The van der Waals surface area contributed by atoms with Crippen LogP contribution in [-0.2, 0) is 0 Å². The van der Waals surface area contributed by atoms with Gasteiger partial charge in [0.25, 0.3) is 5.91 Å². The molecule has 0 spiro atoms. The van der Waals surface area contributed by atoms with Crippen LogP contribution in [0.4, 0.5) is 5.82 Å². The number of rotatable bonds is 4. The van der Waals surface area contributed by atoms with Gasteiger partial charge in [-0.05, 0) is 63.1 Å². The molecule has 1 fully saturated rings. The van der Waals surface area contributed by atoms with Crippen molar-refractivity contribution < 1.29 is 9.53 Å². The summed E-state index contributed by atoms with van der Waals surface area (Å²) in [6.07, 6.45) is 0.914. The molecular formula is C20H26N4O2. The van der Waals surface area contributed by atoms with Gasteiger partial charge in [0.15, 0.2) is 5.82 Å². The van der Waals surface area contributed by atoms with Crippen molar-refractivity contribution in [3.63, 3.8) is 0 Å². The first-order valence-electron chi connectivity index (χ1n) is 9.16. The minimum Gasteiger partial charge on any atom is -0.494 e. The second-order valence-electron chi connectivity index (χ2n) is 6.58. The Morgan fingerprint density at radius 2 is 1.92 bits per heavy atom. The van der Waals surface area contributed by atoms with Crippen LogP contribution < -0.4 is 9.64 Å². The van der Waals surface area contributed by atoms with Crippen LogP contribution in [0.3, 0.4) is 0 Å². The number of aromatic nitrogens is 2. The van der Waals surface area contributed by atoms with Gasteiger partial charge >= 0.3 is 0 Å². The summed E-state index contributed by atoms with van der Waals surface area (Å²) < 4.78 is 5.56. The van der Waals surface area contributed by atoms with E-state index in [0.717, 1.165) is 54.4 Å². The summed E-state index contributed by atoms with van der Waals surface area (Å²) in [5.41, 5.74) is 2.62. The average molecular weight is 354 g/mol. The lowest BCUT2D eigenvalue weighted by Crippen LogP contribution is -2.35. The molecule has 26 heavy (non-hydrogen) atoms. The Bertz CT molecular complexity index is 761. The molecule has 0 N–H and O–H groups in total. The second kappa shape index (κ2) is 8.17. The van der Waals surface area contributed by atoms with Gasteiger partial charge in [-0.15, -0.1) is 5.10 Å². The van der Waals surface area contributed by atoms with Crippen LogP contribution in [0.25, 0.3) is 0 Å². The number of aryl methyl sites for hydroxylation is 2. The number of ether oxygens (including phenoxy) is 1. The Hall–Kier alpha value is -2.63. The molecule has 1 aromatic heterocycles. The maximum atomic E-state index is 12.9. The molecule has 2 aromatic rings. The van der Waals surface area contributed by atoms with Crippen LogP contribution in [0, 0.1) is 13.8 Å². The van der Waals surface area contributed by atoms with Gasteiger partial charge in [0.05, 0.1) is 12.3 Å². The van der Waals surface area contributed by atoms with E-state index in [1.165, 1.54) is 0 Å². The zero-order valence-corrected chi connectivity index (χ0v) is 15.7. The number of hydrogen-bond acceptors (Lipinski definition) is 5. The molecule has 0 aliphatic carbocycles. The van der Waals surface area contributed by atoms with Gasteiger partial charge in [-0.25, -0.2) is 0 Å². The van der Waals surface area contributed by atoms with Gasteiger partial charge in [0.1, 0.15) is 5.75 Å². The first-order chi connectivity index (χ1) is 12.6. The lowest BCUT2D eigenvalue weighted by Gasteiger charge is -2.23. The smallest absolute Gasteiger partial charge is 0.253 e. The lowest BCUT2D eigenvalue weighted by molar-refractivity contribution is 0.0767. The maximum Gasteiger partial charge on any atom is 0.253 e. The normalized spacial score (nSPS) is 14.9. The summed E-state index contributed by atoms with van der Waals surface area (Å²) in [6, 6.07) is 9.63. The fraction of sp³-hybridized carbons (Fsp3) is 0.450. The summed E-state index contributed by atoms with van der Waals surface area (Å²) in [7, 11) is 0.